The van der Waals surface area contributed by atoms with E-state index >= 15 is 0 Å². The number of para-hydroxylation sites is 3. The van der Waals surface area contributed by atoms with E-state index in [1.54, 1.807) is 0 Å². The van der Waals surface area contributed by atoms with Crippen LogP contribution in [0.15, 0.2) is 84.9 Å². The van der Waals surface area contributed by atoms with Gasteiger partial charge >= 0.3 is 5.97 Å². The molecule has 4 heterocycles. The van der Waals surface area contributed by atoms with Crippen molar-refractivity contribution < 1.29 is 9.90 Å². The number of aryl methyl sites for hydroxylation is 4. The third-order valence-electron chi connectivity index (χ3n) is 7.48. The van der Waals surface area contributed by atoms with E-state index in [4.69, 9.17) is 4.98 Å². The number of aromatic amines is 3. The molecule has 0 radical (unpaired) electrons. The van der Waals surface area contributed by atoms with Gasteiger partial charge in [-0.1, -0.05) is 54.6 Å². The molecule has 0 atom stereocenters. The van der Waals surface area contributed by atoms with Crippen molar-refractivity contribution in [3.8, 4) is 0 Å². The first kappa shape index (κ1) is 22.4. The summed E-state index contributed by atoms with van der Waals surface area (Å²) in [5, 5.41) is 14.6. The van der Waals surface area contributed by atoms with Gasteiger partial charge in [0.1, 0.15) is 0 Å². The predicted molar refractivity (Wildman–Crippen MR) is 152 cm³/mol. The molecule has 6 nitrogen and oxygen atoms in total. The summed E-state index contributed by atoms with van der Waals surface area (Å²) in [6, 6.07) is 28.8. The molecule has 0 unspecified atom stereocenters. The lowest BCUT2D eigenvalue weighted by Gasteiger charge is -2.12. The number of nitrogens with one attached hydrogen (secondary N) is 3. The summed E-state index contributed by atoms with van der Waals surface area (Å²) in [5.41, 5.74) is 8.00. The highest BCUT2D eigenvalue weighted by Crippen LogP contribution is 2.33. The Labute approximate surface area is 218 Å². The van der Waals surface area contributed by atoms with Crippen molar-refractivity contribution in [1.82, 2.24) is 19.9 Å². The number of carbonyl (C=O) groups is 1. The largest absolute Gasteiger partial charge is 0.477 e. The number of rotatable bonds is 7. The molecule has 0 aliphatic carbocycles. The number of nitrogens with zero attached hydrogens (tertiary/aromatic N) is 1. The lowest BCUT2D eigenvalue weighted by molar-refractivity contribution is 0.0689. The third kappa shape index (κ3) is 3.82. The van der Waals surface area contributed by atoms with Crippen LogP contribution in [0.2, 0.25) is 0 Å². The van der Waals surface area contributed by atoms with Crippen LogP contribution in [-0.4, -0.2) is 31.0 Å². The molecule has 38 heavy (non-hydrogen) atoms. The highest BCUT2D eigenvalue weighted by atomic mass is 16.4. The predicted octanol–water partition coefficient (Wildman–Crippen LogP) is 6.95. The Morgan fingerprint density at radius 3 is 1.89 bits per heavy atom. The van der Waals surface area contributed by atoms with Crippen LogP contribution in [0.4, 0.5) is 0 Å². The van der Waals surface area contributed by atoms with Crippen LogP contribution < -0.4 is 0 Å². The SMILES string of the molecule is O=C(O)c1nc(CCc2cc3ccccc3[nH]2)c2[nH]c3ccccc3c2c1CCc1cc2ccccc2[nH]1. The van der Waals surface area contributed by atoms with Crippen molar-refractivity contribution in [1.29, 1.82) is 0 Å². The maximum absolute atomic E-state index is 12.5. The number of aromatic nitrogens is 4. The first-order chi connectivity index (χ1) is 18.6. The van der Waals surface area contributed by atoms with E-state index in [1.807, 2.05) is 42.5 Å². The average molecular weight is 499 g/mol. The zero-order valence-electron chi connectivity index (χ0n) is 20.7. The van der Waals surface area contributed by atoms with Gasteiger partial charge in [-0.2, -0.15) is 0 Å². The van der Waals surface area contributed by atoms with E-state index in [9.17, 15) is 9.90 Å². The molecule has 0 spiro atoms. The van der Waals surface area contributed by atoms with Crippen LogP contribution in [-0.2, 0) is 25.7 Å². The van der Waals surface area contributed by atoms with E-state index in [2.05, 4.69) is 57.4 Å². The zero-order chi connectivity index (χ0) is 25.6. The highest BCUT2D eigenvalue weighted by molar-refractivity contribution is 6.12. The number of benzene rings is 3. The molecule has 0 amide bonds. The maximum Gasteiger partial charge on any atom is 0.354 e. The summed E-state index contributed by atoms with van der Waals surface area (Å²) in [5.74, 6) is -0.990. The van der Waals surface area contributed by atoms with Crippen molar-refractivity contribution >= 4 is 49.6 Å². The van der Waals surface area contributed by atoms with Gasteiger partial charge in [0.15, 0.2) is 5.69 Å². The molecule has 0 bridgehead atoms. The quantitative estimate of drug-likeness (QED) is 0.191. The fourth-order valence-corrected chi connectivity index (χ4v) is 5.70. The first-order valence-electron chi connectivity index (χ1n) is 12.9. The van der Waals surface area contributed by atoms with Crippen LogP contribution in [0.25, 0.3) is 43.6 Å². The second kappa shape index (κ2) is 8.92. The number of fused-ring (bicyclic) bond motifs is 5. The minimum absolute atomic E-state index is 0.144. The number of hydrogen-bond acceptors (Lipinski definition) is 2. The molecular formula is C32H26N4O2. The Morgan fingerprint density at radius 2 is 1.26 bits per heavy atom. The van der Waals surface area contributed by atoms with Crippen molar-refractivity contribution in [2.24, 2.45) is 0 Å². The average Bonchev–Trinajstić information content (AvgIpc) is 3.65. The van der Waals surface area contributed by atoms with E-state index in [-0.39, 0.29) is 5.69 Å². The molecular weight excluding hydrogens is 472 g/mol. The fraction of sp³-hybridized carbons (Fsp3) is 0.125. The number of carboxylic acid groups (broad SMARTS) is 1. The summed E-state index contributed by atoms with van der Waals surface area (Å²) >= 11 is 0. The molecule has 4 N–H and O–H groups in total. The van der Waals surface area contributed by atoms with Crippen LogP contribution in [0.5, 0.6) is 0 Å². The molecule has 0 saturated carbocycles. The van der Waals surface area contributed by atoms with Crippen LogP contribution in [0, 0.1) is 0 Å². The van der Waals surface area contributed by atoms with Gasteiger partial charge in [0.2, 0.25) is 0 Å². The summed E-state index contributed by atoms with van der Waals surface area (Å²) < 4.78 is 0. The van der Waals surface area contributed by atoms with Crippen molar-refractivity contribution in [3.63, 3.8) is 0 Å². The first-order valence-corrected chi connectivity index (χ1v) is 12.9. The fourth-order valence-electron chi connectivity index (χ4n) is 5.70. The molecule has 0 fully saturated rings. The maximum atomic E-state index is 12.5. The van der Waals surface area contributed by atoms with E-state index in [0.29, 0.717) is 19.3 Å². The molecule has 3 aromatic carbocycles. The van der Waals surface area contributed by atoms with Gasteiger partial charge in [-0.05, 0) is 72.4 Å². The van der Waals surface area contributed by atoms with Gasteiger partial charge in [-0.3, -0.25) is 0 Å². The minimum atomic E-state index is -0.990. The molecule has 186 valence electrons. The molecule has 0 saturated heterocycles. The van der Waals surface area contributed by atoms with E-state index < -0.39 is 5.97 Å². The Kier molecular flexibility index (Phi) is 5.25. The van der Waals surface area contributed by atoms with E-state index in [0.717, 1.165) is 67.3 Å². The highest BCUT2D eigenvalue weighted by Gasteiger charge is 2.22. The number of carboxylic acids is 1. The van der Waals surface area contributed by atoms with Crippen LogP contribution in [0.3, 0.4) is 0 Å². The standard InChI is InChI=1S/C32H26N4O2/c37-32(38)30-24(15-13-21-17-19-7-1-4-10-25(19)33-21)29-23-9-3-6-12-27(23)35-31(29)28(36-30)16-14-22-18-20-8-2-5-11-26(20)34-22/h1-12,17-18,33-35H,13-16H2,(H,37,38). The zero-order valence-corrected chi connectivity index (χ0v) is 20.7. The monoisotopic (exact) mass is 498 g/mol. The summed E-state index contributed by atoms with van der Waals surface area (Å²) in [6.07, 6.45) is 2.63. The van der Waals surface area contributed by atoms with Gasteiger partial charge in [-0.15, -0.1) is 0 Å². The topological polar surface area (TPSA) is 97.6 Å². The molecule has 0 aliphatic rings. The molecule has 0 aliphatic heterocycles. The van der Waals surface area contributed by atoms with Gasteiger partial charge in [0.05, 0.1) is 11.2 Å². The Morgan fingerprint density at radius 1 is 0.684 bits per heavy atom. The molecule has 7 rings (SSSR count). The molecule has 4 aromatic heterocycles. The van der Waals surface area contributed by atoms with Gasteiger partial charge in [0.25, 0.3) is 0 Å². The lowest BCUT2D eigenvalue weighted by atomic mass is 9.97. The Bertz CT molecular complexity index is 1910. The van der Waals surface area contributed by atoms with Crippen LogP contribution >= 0.6 is 0 Å². The number of H-pyrrole nitrogens is 3. The molecule has 6 heteroatoms. The second-order valence-corrected chi connectivity index (χ2v) is 9.88. The van der Waals surface area contributed by atoms with Gasteiger partial charge < -0.3 is 20.1 Å². The summed E-state index contributed by atoms with van der Waals surface area (Å²) in [6.45, 7) is 0. The van der Waals surface area contributed by atoms with Crippen molar-refractivity contribution in [2.45, 2.75) is 25.7 Å². The Hall–Kier alpha value is -4.84. The molecule has 7 aromatic rings. The van der Waals surface area contributed by atoms with E-state index in [1.165, 1.54) is 5.39 Å². The van der Waals surface area contributed by atoms with Crippen LogP contribution in [0.1, 0.15) is 33.1 Å². The van der Waals surface area contributed by atoms with Gasteiger partial charge in [-0.25, -0.2) is 9.78 Å². The third-order valence-corrected chi connectivity index (χ3v) is 7.48. The van der Waals surface area contributed by atoms with Gasteiger partial charge in [0, 0.05) is 38.7 Å². The lowest BCUT2D eigenvalue weighted by Crippen LogP contribution is -2.11. The number of hydrogen-bond donors (Lipinski definition) is 4. The minimum Gasteiger partial charge on any atom is -0.477 e. The normalized spacial score (nSPS) is 11.8. The second-order valence-electron chi connectivity index (χ2n) is 9.88. The number of pyridine rings is 1. The van der Waals surface area contributed by atoms with Crippen molar-refractivity contribution in [2.75, 3.05) is 0 Å². The summed E-state index contributed by atoms with van der Waals surface area (Å²) in [4.78, 5) is 27.8. The number of aromatic carboxylic acids is 1. The summed E-state index contributed by atoms with van der Waals surface area (Å²) in [7, 11) is 0. The smallest absolute Gasteiger partial charge is 0.354 e. The Balaban J connectivity index is 1.31. The van der Waals surface area contributed by atoms with Crippen molar-refractivity contribution in [3.05, 3.63) is 113 Å².